The van der Waals surface area contributed by atoms with E-state index < -0.39 is 0 Å². The van der Waals surface area contributed by atoms with Crippen molar-refractivity contribution in [2.24, 2.45) is 5.92 Å². The van der Waals surface area contributed by atoms with Crippen molar-refractivity contribution in [3.05, 3.63) is 36.0 Å². The summed E-state index contributed by atoms with van der Waals surface area (Å²) in [6.45, 7) is 4.97. The first-order valence-electron chi connectivity index (χ1n) is 7.92. The average molecular weight is 316 g/mol. The van der Waals surface area contributed by atoms with E-state index in [0.29, 0.717) is 5.92 Å². The van der Waals surface area contributed by atoms with E-state index in [1.807, 2.05) is 29.1 Å². The number of hydrogen-bond acceptors (Lipinski definition) is 5. The molecule has 2 atom stereocenters. The fraction of sp³-hybridized carbons (Fsp3) is 0.471. The SMILES string of the molecule is COc1ccc([C@@H](C)NC[C@@H]2CNc3ccnn3C2)c(OC)c1. The van der Waals surface area contributed by atoms with Crippen LogP contribution in [0.3, 0.4) is 0 Å². The summed E-state index contributed by atoms with van der Waals surface area (Å²) >= 11 is 0. The Balaban J connectivity index is 1.60. The van der Waals surface area contributed by atoms with Crippen LogP contribution in [0.2, 0.25) is 0 Å². The van der Waals surface area contributed by atoms with Gasteiger partial charge in [-0.3, -0.25) is 0 Å². The molecular formula is C17H24N4O2. The lowest BCUT2D eigenvalue weighted by molar-refractivity contribution is 0.364. The van der Waals surface area contributed by atoms with Gasteiger partial charge in [0.2, 0.25) is 0 Å². The van der Waals surface area contributed by atoms with Crippen molar-refractivity contribution in [1.82, 2.24) is 15.1 Å². The molecule has 1 aromatic carbocycles. The summed E-state index contributed by atoms with van der Waals surface area (Å²) in [6.07, 6.45) is 1.84. The molecule has 2 heterocycles. The first kappa shape index (κ1) is 15.7. The minimum atomic E-state index is 0.204. The number of aromatic nitrogens is 2. The fourth-order valence-corrected chi connectivity index (χ4v) is 2.95. The molecule has 0 radical (unpaired) electrons. The molecule has 1 aliphatic rings. The Morgan fingerprint density at radius 2 is 2.22 bits per heavy atom. The van der Waals surface area contributed by atoms with Crippen LogP contribution in [0.1, 0.15) is 18.5 Å². The third-order valence-corrected chi connectivity index (χ3v) is 4.34. The average Bonchev–Trinajstić information content (AvgIpc) is 3.06. The first-order chi connectivity index (χ1) is 11.2. The van der Waals surface area contributed by atoms with Crippen LogP contribution in [0.5, 0.6) is 11.5 Å². The van der Waals surface area contributed by atoms with E-state index in [-0.39, 0.29) is 6.04 Å². The quantitative estimate of drug-likeness (QED) is 0.856. The second-order valence-electron chi connectivity index (χ2n) is 5.88. The number of rotatable bonds is 6. The van der Waals surface area contributed by atoms with Crippen molar-refractivity contribution in [2.75, 3.05) is 32.6 Å². The highest BCUT2D eigenvalue weighted by molar-refractivity contribution is 5.42. The largest absolute Gasteiger partial charge is 0.497 e. The van der Waals surface area contributed by atoms with Crippen molar-refractivity contribution in [3.8, 4) is 11.5 Å². The summed E-state index contributed by atoms with van der Waals surface area (Å²) in [5.41, 5.74) is 1.14. The topological polar surface area (TPSA) is 60.3 Å². The minimum absolute atomic E-state index is 0.204. The zero-order valence-electron chi connectivity index (χ0n) is 13.9. The highest BCUT2D eigenvalue weighted by Gasteiger charge is 2.19. The molecular weight excluding hydrogens is 292 g/mol. The van der Waals surface area contributed by atoms with Gasteiger partial charge in [0.1, 0.15) is 17.3 Å². The van der Waals surface area contributed by atoms with Crippen LogP contribution in [0.15, 0.2) is 30.5 Å². The van der Waals surface area contributed by atoms with Crippen LogP contribution in [0.25, 0.3) is 0 Å². The molecule has 0 spiro atoms. The molecule has 0 aliphatic carbocycles. The molecule has 2 aromatic rings. The van der Waals surface area contributed by atoms with E-state index in [4.69, 9.17) is 9.47 Å². The van der Waals surface area contributed by atoms with E-state index in [9.17, 15) is 0 Å². The summed E-state index contributed by atoms with van der Waals surface area (Å²) < 4.78 is 12.8. The predicted octanol–water partition coefficient (Wildman–Crippen LogP) is 2.29. The van der Waals surface area contributed by atoms with E-state index in [0.717, 1.165) is 42.5 Å². The number of nitrogens with one attached hydrogen (secondary N) is 2. The molecule has 0 bridgehead atoms. The van der Waals surface area contributed by atoms with Gasteiger partial charge in [0, 0.05) is 49.3 Å². The van der Waals surface area contributed by atoms with Gasteiger partial charge in [-0.2, -0.15) is 5.10 Å². The molecule has 0 saturated heterocycles. The molecule has 2 N–H and O–H groups in total. The lowest BCUT2D eigenvalue weighted by Crippen LogP contribution is -2.36. The summed E-state index contributed by atoms with van der Waals surface area (Å²) in [4.78, 5) is 0. The smallest absolute Gasteiger partial charge is 0.127 e. The van der Waals surface area contributed by atoms with E-state index in [2.05, 4.69) is 28.7 Å². The van der Waals surface area contributed by atoms with Crippen LogP contribution in [-0.4, -0.2) is 37.1 Å². The summed E-state index contributed by atoms with van der Waals surface area (Å²) in [7, 11) is 3.35. The van der Waals surface area contributed by atoms with E-state index in [1.165, 1.54) is 0 Å². The van der Waals surface area contributed by atoms with Crippen LogP contribution in [-0.2, 0) is 6.54 Å². The van der Waals surface area contributed by atoms with E-state index in [1.54, 1.807) is 14.2 Å². The van der Waals surface area contributed by atoms with Gasteiger partial charge < -0.3 is 20.1 Å². The monoisotopic (exact) mass is 316 g/mol. The lowest BCUT2D eigenvalue weighted by Gasteiger charge is -2.27. The molecule has 0 unspecified atom stereocenters. The fourth-order valence-electron chi connectivity index (χ4n) is 2.95. The van der Waals surface area contributed by atoms with Crippen LogP contribution in [0, 0.1) is 5.92 Å². The third-order valence-electron chi connectivity index (χ3n) is 4.34. The molecule has 0 amide bonds. The maximum atomic E-state index is 5.49. The Labute approximate surface area is 136 Å². The Bertz CT molecular complexity index is 656. The summed E-state index contributed by atoms with van der Waals surface area (Å²) in [5, 5.41) is 11.3. The number of benzene rings is 1. The van der Waals surface area contributed by atoms with Gasteiger partial charge in [0.15, 0.2) is 0 Å². The van der Waals surface area contributed by atoms with Crippen LogP contribution < -0.4 is 20.1 Å². The van der Waals surface area contributed by atoms with Gasteiger partial charge in [0.05, 0.1) is 20.4 Å². The molecule has 0 saturated carbocycles. The predicted molar refractivity (Wildman–Crippen MR) is 90.2 cm³/mol. The zero-order chi connectivity index (χ0) is 16.2. The Morgan fingerprint density at radius 1 is 1.35 bits per heavy atom. The summed E-state index contributed by atoms with van der Waals surface area (Å²) in [6, 6.07) is 8.16. The standard InChI is InChI=1S/C17H24N4O2/c1-12(15-5-4-14(22-2)8-16(15)23-3)18-9-13-10-19-17-6-7-20-21(17)11-13/h4-8,12-13,18-19H,9-11H2,1-3H3/t12-,13-/m1/s1. The highest BCUT2D eigenvalue weighted by atomic mass is 16.5. The molecule has 6 nitrogen and oxygen atoms in total. The van der Waals surface area contributed by atoms with Gasteiger partial charge in [-0.05, 0) is 13.0 Å². The second-order valence-corrected chi connectivity index (χ2v) is 5.88. The molecule has 0 fully saturated rings. The molecule has 6 heteroatoms. The van der Waals surface area contributed by atoms with Gasteiger partial charge >= 0.3 is 0 Å². The van der Waals surface area contributed by atoms with Crippen molar-refractivity contribution in [1.29, 1.82) is 0 Å². The number of methoxy groups -OCH3 is 2. The van der Waals surface area contributed by atoms with Crippen LogP contribution in [0.4, 0.5) is 5.82 Å². The minimum Gasteiger partial charge on any atom is -0.497 e. The Morgan fingerprint density at radius 3 is 3.00 bits per heavy atom. The second kappa shape index (κ2) is 6.91. The third kappa shape index (κ3) is 3.42. The van der Waals surface area contributed by atoms with Crippen molar-refractivity contribution in [3.63, 3.8) is 0 Å². The lowest BCUT2D eigenvalue weighted by atomic mass is 10.0. The normalized spacial score (nSPS) is 18.0. The van der Waals surface area contributed by atoms with Gasteiger partial charge in [-0.1, -0.05) is 6.07 Å². The Hall–Kier alpha value is -2.21. The highest BCUT2D eigenvalue weighted by Crippen LogP contribution is 2.29. The van der Waals surface area contributed by atoms with Crippen molar-refractivity contribution < 1.29 is 9.47 Å². The molecule has 124 valence electrons. The number of ether oxygens (including phenoxy) is 2. The number of fused-ring (bicyclic) bond motifs is 1. The van der Waals surface area contributed by atoms with Gasteiger partial charge in [0.25, 0.3) is 0 Å². The number of hydrogen-bond donors (Lipinski definition) is 2. The number of anilines is 1. The summed E-state index contributed by atoms with van der Waals surface area (Å²) in [5.74, 6) is 3.26. The molecule has 3 rings (SSSR count). The maximum absolute atomic E-state index is 5.49. The van der Waals surface area contributed by atoms with E-state index >= 15 is 0 Å². The zero-order valence-corrected chi connectivity index (χ0v) is 13.9. The van der Waals surface area contributed by atoms with Gasteiger partial charge in [-0.15, -0.1) is 0 Å². The van der Waals surface area contributed by atoms with Crippen LogP contribution >= 0.6 is 0 Å². The molecule has 1 aliphatic heterocycles. The maximum Gasteiger partial charge on any atom is 0.127 e. The first-order valence-corrected chi connectivity index (χ1v) is 7.92. The Kier molecular flexibility index (Phi) is 4.71. The van der Waals surface area contributed by atoms with Crippen molar-refractivity contribution in [2.45, 2.75) is 19.5 Å². The molecule has 23 heavy (non-hydrogen) atoms. The van der Waals surface area contributed by atoms with Crippen molar-refractivity contribution >= 4 is 5.82 Å². The number of nitrogens with zero attached hydrogens (tertiary/aromatic N) is 2. The van der Waals surface area contributed by atoms with Gasteiger partial charge in [-0.25, -0.2) is 4.68 Å². The molecule has 1 aromatic heterocycles.